The molecule has 0 spiro atoms. The molecule has 146 valence electrons. The van der Waals surface area contributed by atoms with Crippen molar-refractivity contribution in [2.75, 3.05) is 11.1 Å². The van der Waals surface area contributed by atoms with Crippen molar-refractivity contribution in [3.63, 3.8) is 0 Å². The lowest BCUT2D eigenvalue weighted by atomic mass is 10.1. The number of tetrazole rings is 1. The lowest BCUT2D eigenvalue weighted by molar-refractivity contribution is -0.113. The molecule has 1 N–H and O–H groups in total. The van der Waals surface area contributed by atoms with E-state index in [9.17, 15) is 4.79 Å². The first-order valence-corrected chi connectivity index (χ1v) is 10.8. The number of rotatable bonds is 6. The van der Waals surface area contributed by atoms with Gasteiger partial charge in [0, 0.05) is 16.6 Å². The van der Waals surface area contributed by atoms with Crippen LogP contribution in [-0.2, 0) is 4.79 Å². The molecule has 4 aromatic rings. The molecule has 2 aromatic heterocycles. The number of hydrogen-bond donors (Lipinski definition) is 1. The van der Waals surface area contributed by atoms with Crippen LogP contribution < -0.4 is 5.32 Å². The van der Waals surface area contributed by atoms with E-state index in [1.165, 1.54) is 11.8 Å². The van der Waals surface area contributed by atoms with Crippen LogP contribution in [0, 0.1) is 13.8 Å². The molecular formula is C20H18N6OS2. The molecule has 0 fully saturated rings. The van der Waals surface area contributed by atoms with Gasteiger partial charge in [-0.25, -0.2) is 4.98 Å². The fourth-order valence-corrected chi connectivity index (χ4v) is 4.01. The number of thioether (sulfide) groups is 1. The van der Waals surface area contributed by atoms with Crippen LogP contribution in [0.3, 0.4) is 0 Å². The van der Waals surface area contributed by atoms with Crippen LogP contribution in [-0.4, -0.2) is 36.9 Å². The number of nitrogens with zero attached hydrogens (tertiary/aromatic N) is 5. The molecule has 0 aliphatic carbocycles. The molecule has 0 aliphatic rings. The summed E-state index contributed by atoms with van der Waals surface area (Å²) in [5.74, 6) is 0.0757. The molecule has 0 bridgehead atoms. The van der Waals surface area contributed by atoms with Gasteiger partial charge in [-0.2, -0.15) is 4.68 Å². The maximum atomic E-state index is 12.4. The average molecular weight is 423 g/mol. The molecule has 0 radical (unpaired) electrons. The summed E-state index contributed by atoms with van der Waals surface area (Å²) < 4.78 is 1.63. The molecule has 1 amide bonds. The molecule has 4 rings (SSSR count). The summed E-state index contributed by atoms with van der Waals surface area (Å²) in [6, 6.07) is 15.6. The Morgan fingerprint density at radius 3 is 2.76 bits per heavy atom. The molecule has 9 heteroatoms. The third kappa shape index (κ3) is 4.69. The van der Waals surface area contributed by atoms with Gasteiger partial charge >= 0.3 is 0 Å². The van der Waals surface area contributed by atoms with Crippen molar-refractivity contribution in [1.29, 1.82) is 0 Å². The van der Waals surface area contributed by atoms with Crippen LogP contribution in [0.2, 0.25) is 0 Å². The number of carbonyl (C=O) groups is 1. The molecule has 0 unspecified atom stereocenters. The van der Waals surface area contributed by atoms with E-state index in [0.717, 1.165) is 33.2 Å². The first-order chi connectivity index (χ1) is 14.1. The fourth-order valence-electron chi connectivity index (χ4n) is 2.70. The Labute approximate surface area is 176 Å². The maximum absolute atomic E-state index is 12.4. The maximum Gasteiger partial charge on any atom is 0.234 e. The number of aryl methyl sites for hydroxylation is 2. The zero-order valence-electron chi connectivity index (χ0n) is 15.9. The van der Waals surface area contributed by atoms with Crippen LogP contribution in [0.4, 0.5) is 5.69 Å². The number of thiazole rings is 1. The van der Waals surface area contributed by atoms with Crippen LogP contribution >= 0.6 is 23.1 Å². The largest absolute Gasteiger partial charge is 0.325 e. The number of anilines is 1. The van der Waals surface area contributed by atoms with Gasteiger partial charge < -0.3 is 5.32 Å². The van der Waals surface area contributed by atoms with Crippen molar-refractivity contribution in [3.05, 3.63) is 64.5 Å². The molecule has 29 heavy (non-hydrogen) atoms. The SMILES string of the molecule is Cc1ccc(-n2nnnc2SCC(=O)Nc2cccc(-c3csc(C)n3)c2)cc1. The van der Waals surface area contributed by atoms with Gasteiger partial charge in [-0.05, 0) is 48.5 Å². The van der Waals surface area contributed by atoms with Gasteiger partial charge in [-0.1, -0.05) is 41.6 Å². The summed E-state index contributed by atoms with van der Waals surface area (Å²) in [5, 5.41) is 18.3. The number of amides is 1. The number of hydrogen-bond acceptors (Lipinski definition) is 7. The Morgan fingerprint density at radius 1 is 1.17 bits per heavy atom. The smallest absolute Gasteiger partial charge is 0.234 e. The van der Waals surface area contributed by atoms with Crippen molar-refractivity contribution >= 4 is 34.7 Å². The molecule has 7 nitrogen and oxygen atoms in total. The topological polar surface area (TPSA) is 85.6 Å². The highest BCUT2D eigenvalue weighted by molar-refractivity contribution is 7.99. The third-order valence-corrected chi connectivity index (χ3v) is 5.81. The number of nitrogens with one attached hydrogen (secondary N) is 1. The van der Waals surface area contributed by atoms with Gasteiger partial charge in [0.15, 0.2) is 0 Å². The number of carbonyl (C=O) groups excluding carboxylic acids is 1. The van der Waals surface area contributed by atoms with E-state index in [0.29, 0.717) is 5.16 Å². The molecule has 0 saturated carbocycles. The van der Waals surface area contributed by atoms with Gasteiger partial charge in [0.05, 0.1) is 22.1 Å². The summed E-state index contributed by atoms with van der Waals surface area (Å²) in [4.78, 5) is 16.9. The van der Waals surface area contributed by atoms with E-state index >= 15 is 0 Å². The van der Waals surface area contributed by atoms with Gasteiger partial charge in [0.2, 0.25) is 11.1 Å². The highest BCUT2D eigenvalue weighted by Crippen LogP contribution is 2.24. The van der Waals surface area contributed by atoms with Gasteiger partial charge in [0.1, 0.15) is 0 Å². The van der Waals surface area contributed by atoms with Crippen molar-refractivity contribution in [2.24, 2.45) is 0 Å². The summed E-state index contributed by atoms with van der Waals surface area (Å²) in [7, 11) is 0. The predicted molar refractivity (Wildman–Crippen MR) is 116 cm³/mol. The summed E-state index contributed by atoms with van der Waals surface area (Å²) >= 11 is 2.89. The first kappa shape index (κ1) is 19.3. The highest BCUT2D eigenvalue weighted by Gasteiger charge is 2.12. The lowest BCUT2D eigenvalue weighted by Crippen LogP contribution is -2.14. The Bertz CT molecular complexity index is 1140. The zero-order chi connectivity index (χ0) is 20.2. The number of benzene rings is 2. The second-order valence-corrected chi connectivity index (χ2v) is 8.38. The predicted octanol–water partition coefficient (Wildman–Crippen LogP) is 4.13. The van der Waals surface area contributed by atoms with E-state index in [4.69, 9.17) is 0 Å². The van der Waals surface area contributed by atoms with E-state index in [1.807, 2.05) is 67.8 Å². The van der Waals surface area contributed by atoms with Crippen molar-refractivity contribution < 1.29 is 4.79 Å². The highest BCUT2D eigenvalue weighted by atomic mass is 32.2. The second kappa shape index (κ2) is 8.54. The fraction of sp³-hybridized carbons (Fsp3) is 0.150. The van der Waals surface area contributed by atoms with Gasteiger partial charge in [0.25, 0.3) is 0 Å². The van der Waals surface area contributed by atoms with E-state index in [2.05, 4.69) is 25.8 Å². The minimum absolute atomic E-state index is 0.125. The van der Waals surface area contributed by atoms with Crippen molar-refractivity contribution in [1.82, 2.24) is 25.2 Å². The Kier molecular flexibility index (Phi) is 5.68. The van der Waals surface area contributed by atoms with E-state index < -0.39 is 0 Å². The van der Waals surface area contributed by atoms with E-state index in [1.54, 1.807) is 16.0 Å². The number of aromatic nitrogens is 5. The zero-order valence-corrected chi connectivity index (χ0v) is 17.5. The van der Waals surface area contributed by atoms with Crippen LogP contribution in [0.1, 0.15) is 10.6 Å². The molecule has 0 saturated heterocycles. The molecule has 0 aliphatic heterocycles. The Hall–Kier alpha value is -3.04. The monoisotopic (exact) mass is 422 g/mol. The second-order valence-electron chi connectivity index (χ2n) is 6.38. The Morgan fingerprint density at radius 2 is 2.00 bits per heavy atom. The van der Waals surface area contributed by atoms with Crippen molar-refractivity contribution in [3.8, 4) is 16.9 Å². The quantitative estimate of drug-likeness (QED) is 0.470. The molecule has 0 atom stereocenters. The summed E-state index contributed by atoms with van der Waals surface area (Å²) in [6.45, 7) is 4.00. The minimum atomic E-state index is -0.125. The summed E-state index contributed by atoms with van der Waals surface area (Å²) in [6.07, 6.45) is 0. The van der Waals surface area contributed by atoms with Gasteiger partial charge in [-0.3, -0.25) is 4.79 Å². The normalized spacial score (nSPS) is 10.8. The van der Waals surface area contributed by atoms with Crippen LogP contribution in [0.15, 0.2) is 59.1 Å². The van der Waals surface area contributed by atoms with Gasteiger partial charge in [-0.15, -0.1) is 16.4 Å². The Balaban J connectivity index is 1.40. The molecular weight excluding hydrogens is 404 g/mol. The molecule has 2 heterocycles. The average Bonchev–Trinajstić information content (AvgIpc) is 3.36. The summed E-state index contributed by atoms with van der Waals surface area (Å²) in [5.41, 5.74) is 4.63. The lowest BCUT2D eigenvalue weighted by Gasteiger charge is -2.07. The first-order valence-electron chi connectivity index (χ1n) is 8.89. The van der Waals surface area contributed by atoms with E-state index in [-0.39, 0.29) is 11.7 Å². The molecule has 2 aromatic carbocycles. The third-order valence-electron chi connectivity index (χ3n) is 4.11. The standard InChI is InChI=1S/C20H18N6OS2/c1-13-6-8-17(9-7-13)26-20(23-24-25-26)29-12-19(27)22-16-5-3-4-15(10-16)18-11-28-14(2)21-18/h3-11H,12H2,1-2H3,(H,22,27). The van der Waals surface area contributed by atoms with Crippen molar-refractivity contribution in [2.45, 2.75) is 19.0 Å². The van der Waals surface area contributed by atoms with Crippen LogP contribution in [0.25, 0.3) is 16.9 Å². The minimum Gasteiger partial charge on any atom is -0.325 e. The van der Waals surface area contributed by atoms with Crippen LogP contribution in [0.5, 0.6) is 0 Å².